The van der Waals surface area contributed by atoms with E-state index in [0.717, 1.165) is 0 Å². The van der Waals surface area contributed by atoms with E-state index in [0.29, 0.717) is 39.6 Å². The van der Waals surface area contributed by atoms with Crippen LogP contribution in [0.5, 0.6) is 17.2 Å². The Morgan fingerprint density at radius 3 is 2.62 bits per heavy atom. The van der Waals surface area contributed by atoms with Gasteiger partial charge in [0.1, 0.15) is 5.75 Å². The van der Waals surface area contributed by atoms with E-state index >= 15 is 0 Å². The maximum absolute atomic E-state index is 12.9. The molecule has 2 N–H and O–H groups in total. The number of nitrogens with one attached hydrogen (secondary N) is 2. The first-order valence-electron chi connectivity index (χ1n) is 9.13. The fraction of sp³-hybridized carbons (Fsp3) is 0.238. The van der Waals surface area contributed by atoms with Crippen LogP contribution in [0.25, 0.3) is 5.70 Å². The second-order valence-corrected chi connectivity index (χ2v) is 6.38. The molecule has 2 aliphatic heterocycles. The number of amides is 2. The largest absolute Gasteiger partial charge is 0.497 e. The van der Waals surface area contributed by atoms with Crippen molar-refractivity contribution in [2.75, 3.05) is 20.5 Å². The van der Waals surface area contributed by atoms with E-state index in [1.807, 2.05) is 0 Å². The molecule has 0 radical (unpaired) electrons. The lowest BCUT2D eigenvalue weighted by atomic mass is 9.92. The number of hydrogen-bond acceptors (Lipinski definition) is 6. The van der Waals surface area contributed by atoms with Crippen LogP contribution in [0, 0.1) is 0 Å². The topological polar surface area (TPSA) is 95.1 Å². The second kappa shape index (κ2) is 7.75. The van der Waals surface area contributed by atoms with E-state index in [1.54, 1.807) is 56.5 Å². The van der Waals surface area contributed by atoms with Gasteiger partial charge in [-0.3, -0.25) is 0 Å². The summed E-state index contributed by atoms with van der Waals surface area (Å²) in [5.41, 5.74) is 2.03. The highest BCUT2D eigenvalue weighted by atomic mass is 16.7. The van der Waals surface area contributed by atoms with Gasteiger partial charge in [0.05, 0.1) is 31.0 Å². The Balaban J connectivity index is 1.83. The molecule has 2 aromatic carbocycles. The van der Waals surface area contributed by atoms with E-state index < -0.39 is 18.0 Å². The Bertz CT molecular complexity index is 983. The number of rotatable bonds is 5. The van der Waals surface area contributed by atoms with Crippen LogP contribution in [-0.4, -0.2) is 32.5 Å². The highest BCUT2D eigenvalue weighted by Crippen LogP contribution is 2.38. The minimum Gasteiger partial charge on any atom is -0.497 e. The van der Waals surface area contributed by atoms with Gasteiger partial charge >= 0.3 is 12.0 Å². The lowest BCUT2D eigenvalue weighted by Crippen LogP contribution is -2.45. The number of carbonyl (C=O) groups excluding carboxylic acids is 2. The van der Waals surface area contributed by atoms with Gasteiger partial charge in [-0.15, -0.1) is 0 Å². The van der Waals surface area contributed by atoms with Crippen molar-refractivity contribution < 1.29 is 28.5 Å². The summed E-state index contributed by atoms with van der Waals surface area (Å²) >= 11 is 0. The summed E-state index contributed by atoms with van der Waals surface area (Å²) in [6.07, 6.45) is 0. The van der Waals surface area contributed by atoms with Gasteiger partial charge in [0.15, 0.2) is 11.5 Å². The minimum absolute atomic E-state index is 0.134. The summed E-state index contributed by atoms with van der Waals surface area (Å²) in [5, 5.41) is 5.55. The Morgan fingerprint density at radius 1 is 1.14 bits per heavy atom. The predicted molar refractivity (Wildman–Crippen MR) is 104 cm³/mol. The molecule has 2 aromatic rings. The number of methoxy groups -OCH3 is 1. The Morgan fingerprint density at radius 2 is 1.90 bits per heavy atom. The van der Waals surface area contributed by atoms with Gasteiger partial charge in [-0.05, 0) is 54.4 Å². The molecule has 0 aromatic heterocycles. The summed E-state index contributed by atoms with van der Waals surface area (Å²) in [6, 6.07) is 11.2. The average Bonchev–Trinajstić information content (AvgIpc) is 3.21. The molecule has 1 atom stereocenters. The summed E-state index contributed by atoms with van der Waals surface area (Å²) < 4.78 is 21.3. The van der Waals surface area contributed by atoms with Crippen molar-refractivity contribution in [3.05, 3.63) is 59.2 Å². The number of carbonyl (C=O) groups is 2. The molecule has 0 saturated carbocycles. The molecule has 0 unspecified atom stereocenters. The Hall–Kier alpha value is -3.68. The normalized spacial score (nSPS) is 17.4. The van der Waals surface area contributed by atoms with E-state index in [1.165, 1.54) is 0 Å². The van der Waals surface area contributed by atoms with E-state index in [9.17, 15) is 9.59 Å². The minimum atomic E-state index is -0.714. The van der Waals surface area contributed by atoms with Crippen LogP contribution in [0.4, 0.5) is 4.79 Å². The van der Waals surface area contributed by atoms with Crippen LogP contribution >= 0.6 is 0 Å². The van der Waals surface area contributed by atoms with E-state index in [2.05, 4.69) is 10.6 Å². The molecule has 0 saturated heterocycles. The number of esters is 1. The number of benzene rings is 2. The van der Waals surface area contributed by atoms with Crippen molar-refractivity contribution in [2.24, 2.45) is 0 Å². The number of urea groups is 1. The molecule has 8 heteroatoms. The Labute approximate surface area is 167 Å². The summed E-state index contributed by atoms with van der Waals surface area (Å²) in [5.74, 6) is 1.32. The Kier molecular flexibility index (Phi) is 4.99. The number of hydrogen-bond donors (Lipinski definition) is 2. The van der Waals surface area contributed by atoms with Crippen LogP contribution in [-0.2, 0) is 9.53 Å². The molecule has 2 aliphatic rings. The molecular weight excluding hydrogens is 376 g/mol. The van der Waals surface area contributed by atoms with Crippen molar-refractivity contribution in [3.63, 3.8) is 0 Å². The average molecular weight is 396 g/mol. The van der Waals surface area contributed by atoms with Crippen molar-refractivity contribution >= 4 is 17.7 Å². The maximum atomic E-state index is 12.9. The van der Waals surface area contributed by atoms with Gasteiger partial charge in [-0.25, -0.2) is 9.59 Å². The van der Waals surface area contributed by atoms with Crippen LogP contribution in [0.2, 0.25) is 0 Å². The van der Waals surface area contributed by atoms with Crippen LogP contribution in [0.3, 0.4) is 0 Å². The third-order valence-corrected chi connectivity index (χ3v) is 4.68. The molecule has 0 spiro atoms. The van der Waals surface area contributed by atoms with Gasteiger partial charge in [0.25, 0.3) is 0 Å². The highest BCUT2D eigenvalue weighted by Gasteiger charge is 2.35. The molecule has 8 nitrogen and oxygen atoms in total. The fourth-order valence-electron chi connectivity index (χ4n) is 3.32. The zero-order valence-corrected chi connectivity index (χ0v) is 16.0. The lowest BCUT2D eigenvalue weighted by Gasteiger charge is -2.29. The predicted octanol–water partition coefficient (Wildman–Crippen LogP) is 2.75. The van der Waals surface area contributed by atoms with E-state index in [-0.39, 0.29) is 13.4 Å². The van der Waals surface area contributed by atoms with Crippen LogP contribution in [0.1, 0.15) is 24.1 Å². The standard InChI is InChI=1S/C21H20N2O6/c1-3-27-20(24)17-18(12-4-7-14(26-2)8-5-12)22-21(25)23-19(17)13-6-9-15-16(10-13)29-11-28-15/h4-10,19H,3,11H2,1-2H3,(H2,22,23,25)/t19-/m1/s1. The van der Waals surface area contributed by atoms with Crippen LogP contribution < -0.4 is 24.8 Å². The molecule has 150 valence electrons. The van der Waals surface area contributed by atoms with Crippen molar-refractivity contribution in [1.82, 2.24) is 10.6 Å². The molecule has 4 rings (SSSR count). The quantitative estimate of drug-likeness (QED) is 0.755. The molecule has 2 amide bonds. The van der Waals surface area contributed by atoms with Crippen LogP contribution in [0.15, 0.2) is 48.0 Å². The van der Waals surface area contributed by atoms with Gasteiger partial charge in [-0.2, -0.15) is 0 Å². The third-order valence-electron chi connectivity index (χ3n) is 4.68. The van der Waals surface area contributed by atoms with Gasteiger partial charge in [-0.1, -0.05) is 6.07 Å². The zero-order valence-electron chi connectivity index (χ0n) is 16.0. The summed E-state index contributed by atoms with van der Waals surface area (Å²) in [7, 11) is 1.57. The monoisotopic (exact) mass is 396 g/mol. The maximum Gasteiger partial charge on any atom is 0.338 e. The summed E-state index contributed by atoms with van der Waals surface area (Å²) in [4.78, 5) is 25.3. The zero-order chi connectivity index (χ0) is 20.4. The van der Waals surface area contributed by atoms with Gasteiger partial charge < -0.3 is 29.6 Å². The second-order valence-electron chi connectivity index (χ2n) is 6.38. The smallest absolute Gasteiger partial charge is 0.338 e. The van der Waals surface area contributed by atoms with Crippen molar-refractivity contribution in [3.8, 4) is 17.2 Å². The number of fused-ring (bicyclic) bond motifs is 1. The SMILES string of the molecule is CCOC(=O)C1=C(c2ccc(OC)cc2)NC(=O)N[C@@H]1c1ccc2c(c1)OCO2. The number of ether oxygens (including phenoxy) is 4. The van der Waals surface area contributed by atoms with Gasteiger partial charge in [0, 0.05) is 0 Å². The summed E-state index contributed by atoms with van der Waals surface area (Å²) in [6.45, 7) is 2.07. The molecular formula is C21H20N2O6. The fourth-order valence-corrected chi connectivity index (χ4v) is 3.32. The molecule has 29 heavy (non-hydrogen) atoms. The molecule has 0 bridgehead atoms. The van der Waals surface area contributed by atoms with Crippen molar-refractivity contribution in [1.29, 1.82) is 0 Å². The van der Waals surface area contributed by atoms with Gasteiger partial charge in [0.2, 0.25) is 6.79 Å². The van der Waals surface area contributed by atoms with Crippen molar-refractivity contribution in [2.45, 2.75) is 13.0 Å². The lowest BCUT2D eigenvalue weighted by molar-refractivity contribution is -0.138. The highest BCUT2D eigenvalue weighted by molar-refractivity contribution is 6.04. The molecule has 2 heterocycles. The third kappa shape index (κ3) is 3.56. The first-order chi connectivity index (χ1) is 14.1. The molecule has 0 aliphatic carbocycles. The first kappa shape index (κ1) is 18.7. The van der Waals surface area contributed by atoms with E-state index in [4.69, 9.17) is 18.9 Å². The molecule has 0 fully saturated rings. The first-order valence-corrected chi connectivity index (χ1v) is 9.13.